The van der Waals surface area contributed by atoms with E-state index in [9.17, 15) is 4.79 Å². The summed E-state index contributed by atoms with van der Waals surface area (Å²) < 4.78 is 10.5. The van der Waals surface area contributed by atoms with Gasteiger partial charge in [0.05, 0.1) is 6.61 Å². The number of nitrogen functional groups attached to an aromatic ring is 2. The summed E-state index contributed by atoms with van der Waals surface area (Å²) in [5.41, 5.74) is 11.1. The molecule has 0 saturated carbocycles. The lowest BCUT2D eigenvalue weighted by molar-refractivity contribution is 0.0516. The molecule has 0 aliphatic carbocycles. The van der Waals surface area contributed by atoms with Gasteiger partial charge in [0.2, 0.25) is 11.7 Å². The zero-order valence-corrected chi connectivity index (χ0v) is 10.9. The molecule has 2 aromatic rings. The number of carbonyl (C=O) groups is 1. The first-order chi connectivity index (χ1) is 9.61. The molecule has 2 rings (SSSR count). The number of benzene rings is 1. The molecule has 1 aromatic heterocycles. The van der Waals surface area contributed by atoms with Gasteiger partial charge in [-0.3, -0.25) is 0 Å². The van der Waals surface area contributed by atoms with Crippen LogP contribution in [-0.2, 0) is 4.74 Å². The van der Waals surface area contributed by atoms with Crippen LogP contribution in [0.25, 0.3) is 0 Å². The van der Waals surface area contributed by atoms with Gasteiger partial charge in [0, 0.05) is 0 Å². The minimum absolute atomic E-state index is 0.0237. The van der Waals surface area contributed by atoms with Crippen molar-refractivity contribution in [2.45, 2.75) is 6.92 Å². The quantitative estimate of drug-likeness (QED) is 0.814. The van der Waals surface area contributed by atoms with Gasteiger partial charge in [-0.05, 0) is 19.1 Å². The number of hydrogen-bond donors (Lipinski definition) is 2. The van der Waals surface area contributed by atoms with E-state index >= 15 is 0 Å². The monoisotopic (exact) mass is 274 g/mol. The van der Waals surface area contributed by atoms with Crippen LogP contribution in [0.2, 0.25) is 0 Å². The molecule has 4 N–H and O–H groups in total. The van der Waals surface area contributed by atoms with E-state index in [-0.39, 0.29) is 29.8 Å². The highest BCUT2D eigenvalue weighted by Crippen LogP contribution is 2.30. The minimum Gasteiger partial charge on any atom is -0.461 e. The van der Waals surface area contributed by atoms with Gasteiger partial charge in [0.25, 0.3) is 0 Å². The first-order valence-corrected chi connectivity index (χ1v) is 5.94. The third-order valence-corrected chi connectivity index (χ3v) is 2.34. The van der Waals surface area contributed by atoms with E-state index in [0.29, 0.717) is 5.75 Å². The number of ether oxygens (including phenoxy) is 2. The van der Waals surface area contributed by atoms with Crippen molar-refractivity contribution in [3.05, 3.63) is 36.0 Å². The fourth-order valence-corrected chi connectivity index (χ4v) is 1.53. The van der Waals surface area contributed by atoms with Crippen molar-refractivity contribution in [3.63, 3.8) is 0 Å². The molecule has 0 atom stereocenters. The van der Waals surface area contributed by atoms with Crippen LogP contribution in [0.5, 0.6) is 11.5 Å². The van der Waals surface area contributed by atoms with Crippen LogP contribution in [0, 0.1) is 0 Å². The zero-order valence-electron chi connectivity index (χ0n) is 10.9. The number of nitrogens with zero attached hydrogens (tertiary/aromatic N) is 2. The van der Waals surface area contributed by atoms with Crippen LogP contribution in [0.15, 0.2) is 30.3 Å². The molecular formula is C13H14N4O3. The number of aromatic nitrogens is 2. The summed E-state index contributed by atoms with van der Waals surface area (Å²) in [5, 5.41) is 0. The molecule has 0 unspecified atom stereocenters. The highest BCUT2D eigenvalue weighted by atomic mass is 16.5. The third kappa shape index (κ3) is 2.94. The van der Waals surface area contributed by atoms with Crippen molar-refractivity contribution in [3.8, 4) is 11.5 Å². The van der Waals surface area contributed by atoms with Crippen LogP contribution < -0.4 is 16.2 Å². The number of anilines is 2. The molecule has 104 valence electrons. The molecule has 0 spiro atoms. The Morgan fingerprint density at radius 1 is 1.20 bits per heavy atom. The first kappa shape index (κ1) is 13.6. The van der Waals surface area contributed by atoms with E-state index in [4.69, 9.17) is 20.9 Å². The molecule has 0 aliphatic heterocycles. The fraction of sp³-hybridized carbons (Fsp3) is 0.154. The lowest BCUT2D eigenvalue weighted by Crippen LogP contribution is -2.13. The smallest absolute Gasteiger partial charge is 0.361 e. The Balaban J connectivity index is 2.42. The van der Waals surface area contributed by atoms with Gasteiger partial charge in [-0.25, -0.2) is 9.78 Å². The Morgan fingerprint density at radius 3 is 2.55 bits per heavy atom. The summed E-state index contributed by atoms with van der Waals surface area (Å²) in [4.78, 5) is 19.5. The van der Waals surface area contributed by atoms with Crippen molar-refractivity contribution in [1.82, 2.24) is 9.97 Å². The summed E-state index contributed by atoms with van der Waals surface area (Å²) in [7, 11) is 0. The van der Waals surface area contributed by atoms with Crippen LogP contribution >= 0.6 is 0 Å². The normalized spacial score (nSPS) is 10.1. The van der Waals surface area contributed by atoms with Crippen molar-refractivity contribution < 1.29 is 14.3 Å². The number of nitrogens with two attached hydrogens (primary N) is 2. The van der Waals surface area contributed by atoms with Gasteiger partial charge in [-0.1, -0.05) is 18.2 Å². The van der Waals surface area contributed by atoms with Gasteiger partial charge in [-0.15, -0.1) is 0 Å². The maximum absolute atomic E-state index is 11.9. The molecular weight excluding hydrogens is 260 g/mol. The third-order valence-electron chi connectivity index (χ3n) is 2.34. The Kier molecular flexibility index (Phi) is 3.99. The number of carbonyl (C=O) groups excluding carboxylic acids is 1. The molecule has 7 heteroatoms. The Labute approximate surface area is 115 Å². The second kappa shape index (κ2) is 5.87. The fourth-order valence-electron chi connectivity index (χ4n) is 1.53. The summed E-state index contributed by atoms with van der Waals surface area (Å²) >= 11 is 0. The molecule has 0 aliphatic rings. The van der Waals surface area contributed by atoms with Crippen molar-refractivity contribution in [2.24, 2.45) is 0 Å². The van der Waals surface area contributed by atoms with Gasteiger partial charge < -0.3 is 20.9 Å². The standard InChI is InChI=1S/C13H14N4O3/c1-2-19-12(18)9-10(11(14)17-13(15)16-9)20-8-6-4-3-5-7-8/h3-7H,2H2,1H3,(H4,14,15,16,17). The van der Waals surface area contributed by atoms with Gasteiger partial charge in [-0.2, -0.15) is 4.98 Å². The number of hydrogen-bond acceptors (Lipinski definition) is 7. The van der Waals surface area contributed by atoms with Crippen molar-refractivity contribution in [1.29, 1.82) is 0 Å². The van der Waals surface area contributed by atoms with Crippen LogP contribution in [0.4, 0.5) is 11.8 Å². The molecule has 0 fully saturated rings. The Bertz CT molecular complexity index is 617. The van der Waals surface area contributed by atoms with Gasteiger partial charge >= 0.3 is 5.97 Å². The van der Waals surface area contributed by atoms with E-state index in [0.717, 1.165) is 0 Å². The van der Waals surface area contributed by atoms with Crippen molar-refractivity contribution in [2.75, 3.05) is 18.1 Å². The van der Waals surface area contributed by atoms with Gasteiger partial charge in [0.1, 0.15) is 5.75 Å². The second-order valence-electron chi connectivity index (χ2n) is 3.78. The maximum atomic E-state index is 11.9. The predicted molar refractivity (Wildman–Crippen MR) is 73.3 cm³/mol. The summed E-state index contributed by atoms with van der Waals surface area (Å²) in [6.07, 6.45) is 0. The maximum Gasteiger partial charge on any atom is 0.361 e. The topological polar surface area (TPSA) is 113 Å². The Morgan fingerprint density at radius 2 is 1.90 bits per heavy atom. The molecule has 1 heterocycles. The molecule has 1 aromatic carbocycles. The zero-order chi connectivity index (χ0) is 14.5. The second-order valence-corrected chi connectivity index (χ2v) is 3.78. The molecule has 7 nitrogen and oxygen atoms in total. The minimum atomic E-state index is -0.667. The van der Waals surface area contributed by atoms with E-state index < -0.39 is 5.97 Å². The van der Waals surface area contributed by atoms with E-state index in [1.54, 1.807) is 31.2 Å². The molecule has 0 radical (unpaired) electrons. The largest absolute Gasteiger partial charge is 0.461 e. The first-order valence-electron chi connectivity index (χ1n) is 5.94. The summed E-state index contributed by atoms with van der Waals surface area (Å²) in [6, 6.07) is 8.83. The van der Waals surface area contributed by atoms with E-state index in [2.05, 4.69) is 9.97 Å². The highest BCUT2D eigenvalue weighted by molar-refractivity contribution is 5.92. The number of esters is 1. The number of para-hydroxylation sites is 1. The lowest BCUT2D eigenvalue weighted by atomic mass is 10.3. The lowest BCUT2D eigenvalue weighted by Gasteiger charge is -2.11. The average Bonchev–Trinajstić information content (AvgIpc) is 2.43. The van der Waals surface area contributed by atoms with E-state index in [1.165, 1.54) is 0 Å². The van der Waals surface area contributed by atoms with Crippen LogP contribution in [0.3, 0.4) is 0 Å². The van der Waals surface area contributed by atoms with Crippen LogP contribution in [-0.4, -0.2) is 22.5 Å². The molecule has 0 saturated heterocycles. The average molecular weight is 274 g/mol. The van der Waals surface area contributed by atoms with Gasteiger partial charge in [0.15, 0.2) is 11.5 Å². The van der Waals surface area contributed by atoms with Crippen LogP contribution in [0.1, 0.15) is 17.4 Å². The summed E-state index contributed by atoms with van der Waals surface area (Å²) in [6.45, 7) is 1.89. The SMILES string of the molecule is CCOC(=O)c1nc(N)nc(N)c1Oc1ccccc1. The molecule has 0 amide bonds. The van der Waals surface area contributed by atoms with Crippen molar-refractivity contribution >= 4 is 17.7 Å². The molecule has 0 bridgehead atoms. The Hall–Kier alpha value is -2.83. The summed E-state index contributed by atoms with van der Waals surface area (Å²) in [5.74, 6) is -0.281. The highest BCUT2D eigenvalue weighted by Gasteiger charge is 2.21. The molecule has 20 heavy (non-hydrogen) atoms. The van der Waals surface area contributed by atoms with E-state index in [1.807, 2.05) is 6.07 Å². The number of rotatable bonds is 4. The predicted octanol–water partition coefficient (Wildman–Crippen LogP) is 1.61.